The quantitative estimate of drug-likeness (QED) is 0.642. The van der Waals surface area contributed by atoms with E-state index in [1.54, 1.807) is 0 Å². The number of nitrogens with zero attached hydrogens (tertiary/aromatic N) is 1. The van der Waals surface area contributed by atoms with E-state index in [1.165, 1.54) is 0 Å². The molecule has 0 saturated heterocycles. The number of hydrogen-bond donors (Lipinski definition) is 0. The molecule has 1 unspecified atom stereocenters. The van der Waals surface area contributed by atoms with Crippen LogP contribution in [-0.2, 0) is 9.09 Å². The second-order valence-electron chi connectivity index (χ2n) is 5.93. The predicted octanol–water partition coefficient (Wildman–Crippen LogP) is 4.14. The van der Waals surface area contributed by atoms with E-state index >= 15 is 0 Å². The highest BCUT2D eigenvalue weighted by Gasteiger charge is 2.25. The van der Waals surface area contributed by atoms with Crippen molar-refractivity contribution in [2.75, 3.05) is 19.3 Å². The Morgan fingerprint density at radius 1 is 1.10 bits per heavy atom. The Hall–Kier alpha value is -0.630. The van der Waals surface area contributed by atoms with E-state index in [0.29, 0.717) is 24.9 Å². The summed E-state index contributed by atoms with van der Waals surface area (Å²) in [5.41, 5.74) is 0. The molecular formula is C17H30NO2P. The van der Waals surface area contributed by atoms with Crippen molar-refractivity contribution < 1.29 is 9.09 Å². The maximum atomic E-state index is 13.1. The molecule has 4 heteroatoms. The van der Waals surface area contributed by atoms with Crippen LogP contribution in [-0.4, -0.2) is 36.3 Å². The minimum absolute atomic E-state index is 0.490. The Morgan fingerprint density at radius 2 is 1.67 bits per heavy atom. The first-order chi connectivity index (χ1) is 9.90. The summed E-state index contributed by atoms with van der Waals surface area (Å²) in [6, 6.07) is 10.6. The van der Waals surface area contributed by atoms with Crippen molar-refractivity contribution in [2.45, 2.75) is 53.1 Å². The second-order valence-corrected chi connectivity index (χ2v) is 8.50. The molecule has 0 heterocycles. The summed E-state index contributed by atoms with van der Waals surface area (Å²) >= 11 is 0. The molecule has 1 rings (SSSR count). The standard InChI is InChI=1S/C17H30NO2P/c1-6-20-21(19,17-11-8-7-9-12-17)14-10-13-18(15(2)3)16(4)5/h7-9,11-12,15-16H,6,10,13-14H2,1-5H3. The van der Waals surface area contributed by atoms with Crippen LogP contribution >= 0.6 is 7.37 Å². The minimum Gasteiger partial charge on any atom is -0.326 e. The van der Waals surface area contributed by atoms with Gasteiger partial charge in [0.2, 0.25) is 7.37 Å². The fourth-order valence-corrected chi connectivity index (χ4v) is 4.84. The molecule has 0 aliphatic heterocycles. The summed E-state index contributed by atoms with van der Waals surface area (Å²) in [7, 11) is -2.72. The van der Waals surface area contributed by atoms with Gasteiger partial charge in [-0.05, 0) is 59.7 Å². The van der Waals surface area contributed by atoms with Crippen LogP contribution in [0.25, 0.3) is 0 Å². The summed E-state index contributed by atoms with van der Waals surface area (Å²) in [4.78, 5) is 2.43. The van der Waals surface area contributed by atoms with Gasteiger partial charge in [-0.3, -0.25) is 9.46 Å². The largest absolute Gasteiger partial charge is 0.326 e. The first-order valence-electron chi connectivity index (χ1n) is 7.95. The van der Waals surface area contributed by atoms with Gasteiger partial charge in [-0.1, -0.05) is 18.2 Å². The minimum atomic E-state index is -2.72. The summed E-state index contributed by atoms with van der Waals surface area (Å²) in [6.07, 6.45) is 1.50. The molecule has 0 bridgehead atoms. The fraction of sp³-hybridized carbons (Fsp3) is 0.647. The fourth-order valence-electron chi connectivity index (χ4n) is 2.71. The molecule has 0 radical (unpaired) electrons. The van der Waals surface area contributed by atoms with E-state index in [9.17, 15) is 4.57 Å². The Balaban J connectivity index is 2.70. The van der Waals surface area contributed by atoms with Crippen molar-refractivity contribution in [2.24, 2.45) is 0 Å². The average molecular weight is 311 g/mol. The predicted molar refractivity (Wildman–Crippen MR) is 91.8 cm³/mol. The first kappa shape index (κ1) is 18.4. The molecule has 0 aromatic heterocycles. The van der Waals surface area contributed by atoms with Crippen LogP contribution in [0.5, 0.6) is 0 Å². The maximum Gasteiger partial charge on any atom is 0.232 e. The van der Waals surface area contributed by atoms with E-state index < -0.39 is 7.37 Å². The lowest BCUT2D eigenvalue weighted by Crippen LogP contribution is -2.38. The van der Waals surface area contributed by atoms with Crippen molar-refractivity contribution in [1.82, 2.24) is 4.90 Å². The Kier molecular flexibility index (Phi) is 7.65. The van der Waals surface area contributed by atoms with Gasteiger partial charge in [-0.2, -0.15) is 0 Å². The monoisotopic (exact) mass is 311 g/mol. The van der Waals surface area contributed by atoms with Crippen LogP contribution in [0.2, 0.25) is 0 Å². The summed E-state index contributed by atoms with van der Waals surface area (Å²) in [5.74, 6) is 0. The Morgan fingerprint density at radius 3 is 2.14 bits per heavy atom. The van der Waals surface area contributed by atoms with Crippen molar-refractivity contribution in [3.8, 4) is 0 Å². The van der Waals surface area contributed by atoms with Crippen LogP contribution in [0.4, 0.5) is 0 Å². The summed E-state index contributed by atoms with van der Waals surface area (Å²) in [5, 5.41) is 0.840. The van der Waals surface area contributed by atoms with Crippen molar-refractivity contribution >= 4 is 12.7 Å². The molecule has 1 atom stereocenters. The molecular weight excluding hydrogens is 281 g/mol. The first-order valence-corrected chi connectivity index (χ1v) is 9.76. The van der Waals surface area contributed by atoms with Crippen molar-refractivity contribution in [3.05, 3.63) is 30.3 Å². The van der Waals surface area contributed by atoms with Crippen LogP contribution in [0.15, 0.2) is 30.3 Å². The lowest BCUT2D eigenvalue weighted by Gasteiger charge is -2.31. The van der Waals surface area contributed by atoms with Gasteiger partial charge in [0, 0.05) is 23.6 Å². The van der Waals surface area contributed by atoms with Gasteiger partial charge in [0.15, 0.2) is 0 Å². The molecule has 1 aromatic carbocycles. The van der Waals surface area contributed by atoms with E-state index in [1.807, 2.05) is 37.3 Å². The van der Waals surface area contributed by atoms with Gasteiger partial charge in [-0.25, -0.2) is 0 Å². The molecule has 0 spiro atoms. The van der Waals surface area contributed by atoms with Gasteiger partial charge in [0.25, 0.3) is 0 Å². The molecule has 0 N–H and O–H groups in total. The molecule has 0 fully saturated rings. The zero-order valence-corrected chi connectivity index (χ0v) is 15.0. The molecule has 21 heavy (non-hydrogen) atoms. The number of benzene rings is 1. The van der Waals surface area contributed by atoms with Crippen LogP contribution in [0.3, 0.4) is 0 Å². The van der Waals surface area contributed by atoms with Gasteiger partial charge in [0.05, 0.1) is 6.61 Å². The van der Waals surface area contributed by atoms with Crippen molar-refractivity contribution in [1.29, 1.82) is 0 Å². The zero-order valence-electron chi connectivity index (χ0n) is 14.1. The lowest BCUT2D eigenvalue weighted by molar-refractivity contribution is 0.175. The van der Waals surface area contributed by atoms with Gasteiger partial charge in [0.1, 0.15) is 0 Å². The van der Waals surface area contributed by atoms with E-state index in [4.69, 9.17) is 4.52 Å². The van der Waals surface area contributed by atoms with Crippen molar-refractivity contribution in [3.63, 3.8) is 0 Å². The van der Waals surface area contributed by atoms with Gasteiger partial charge in [-0.15, -0.1) is 0 Å². The third-order valence-corrected chi connectivity index (χ3v) is 6.35. The SMILES string of the molecule is CCOP(=O)(CCCN(C(C)C)C(C)C)c1ccccc1. The highest BCUT2D eigenvalue weighted by Crippen LogP contribution is 2.46. The summed E-state index contributed by atoms with van der Waals surface area (Å²) < 4.78 is 18.8. The van der Waals surface area contributed by atoms with E-state index in [0.717, 1.165) is 18.3 Å². The van der Waals surface area contributed by atoms with E-state index in [-0.39, 0.29) is 0 Å². The van der Waals surface area contributed by atoms with Gasteiger partial charge >= 0.3 is 0 Å². The molecule has 3 nitrogen and oxygen atoms in total. The van der Waals surface area contributed by atoms with Gasteiger partial charge < -0.3 is 4.52 Å². The van der Waals surface area contributed by atoms with Crippen LogP contribution in [0.1, 0.15) is 41.0 Å². The smallest absolute Gasteiger partial charge is 0.232 e. The third kappa shape index (κ3) is 5.58. The Bertz CT molecular complexity index is 437. The number of hydrogen-bond acceptors (Lipinski definition) is 3. The highest BCUT2D eigenvalue weighted by molar-refractivity contribution is 7.67. The zero-order chi connectivity index (χ0) is 15.9. The Labute approximate surface area is 130 Å². The lowest BCUT2D eigenvalue weighted by atomic mass is 10.2. The number of rotatable bonds is 9. The van der Waals surface area contributed by atoms with Crippen LogP contribution < -0.4 is 5.30 Å². The normalized spacial score (nSPS) is 14.9. The highest BCUT2D eigenvalue weighted by atomic mass is 31.2. The third-order valence-electron chi connectivity index (χ3n) is 3.68. The maximum absolute atomic E-state index is 13.1. The van der Waals surface area contributed by atoms with E-state index in [2.05, 4.69) is 32.6 Å². The molecule has 0 aliphatic carbocycles. The topological polar surface area (TPSA) is 29.5 Å². The van der Waals surface area contributed by atoms with Crippen LogP contribution in [0, 0.1) is 0 Å². The average Bonchev–Trinajstić information content (AvgIpc) is 2.44. The molecule has 1 aromatic rings. The molecule has 0 saturated carbocycles. The molecule has 0 aliphatic rings. The molecule has 0 amide bonds. The summed E-state index contributed by atoms with van der Waals surface area (Å²) in [6.45, 7) is 12.2. The second kappa shape index (κ2) is 8.73. The molecule has 120 valence electrons.